The molecule has 1 atom stereocenters. The average molecular weight is 573 g/mol. The van der Waals surface area contributed by atoms with Crippen LogP contribution in [0.4, 0.5) is 4.39 Å². The molecule has 1 N–H and O–H groups in total. The fourth-order valence-corrected chi connectivity index (χ4v) is 5.06. The van der Waals surface area contributed by atoms with Crippen molar-refractivity contribution in [2.45, 2.75) is 78.9 Å². The van der Waals surface area contributed by atoms with Gasteiger partial charge < -0.3 is 14.6 Å². The fourth-order valence-electron chi connectivity index (χ4n) is 5.06. The first-order chi connectivity index (χ1) is 19.9. The molecule has 1 aromatic carbocycles. The third-order valence-electron chi connectivity index (χ3n) is 7.05. The zero-order valence-electron chi connectivity index (χ0n) is 25.8. The number of hydrogen-bond donors (Lipinski definition) is 1. The summed E-state index contributed by atoms with van der Waals surface area (Å²) in [5.74, 6) is -1.01. The summed E-state index contributed by atoms with van der Waals surface area (Å²) in [5, 5.41) is 2.90. The number of benzene rings is 1. The van der Waals surface area contributed by atoms with E-state index < -0.39 is 5.83 Å². The lowest BCUT2D eigenvalue weighted by atomic mass is 9.98. The molecule has 2 heterocycles. The molecule has 1 saturated heterocycles. The van der Waals surface area contributed by atoms with Crippen LogP contribution in [0.25, 0.3) is 5.57 Å². The number of aryl methyl sites for hydroxylation is 1. The minimum atomic E-state index is -0.569. The summed E-state index contributed by atoms with van der Waals surface area (Å²) in [6.45, 7) is 25.3. The molecule has 0 aliphatic carbocycles. The molecular formula is C36H45FN2O3. The highest BCUT2D eigenvalue weighted by Gasteiger charge is 2.29. The molecule has 0 spiro atoms. The molecule has 1 aliphatic rings. The first-order valence-corrected chi connectivity index (χ1v) is 14.3. The van der Waals surface area contributed by atoms with E-state index in [9.17, 15) is 14.0 Å². The van der Waals surface area contributed by atoms with Crippen LogP contribution < -0.4 is 5.32 Å². The molecule has 1 aliphatic heterocycles. The summed E-state index contributed by atoms with van der Waals surface area (Å²) in [5.41, 5.74) is 5.96. The van der Waals surface area contributed by atoms with Crippen molar-refractivity contribution in [3.05, 3.63) is 126 Å². The second kappa shape index (κ2) is 16.3. The number of carbonyl (C=O) groups excluding carboxylic acids is 2. The van der Waals surface area contributed by atoms with Gasteiger partial charge in [0.1, 0.15) is 11.9 Å². The molecule has 224 valence electrons. The first-order valence-electron chi connectivity index (χ1n) is 14.3. The Balaban J connectivity index is 0.000000766. The van der Waals surface area contributed by atoms with Gasteiger partial charge in [0.25, 0.3) is 5.91 Å². The Morgan fingerprint density at radius 3 is 2.36 bits per heavy atom. The van der Waals surface area contributed by atoms with Crippen LogP contribution in [-0.2, 0) is 16.1 Å². The molecule has 2 aromatic rings. The molecule has 0 radical (unpaired) electrons. The van der Waals surface area contributed by atoms with Gasteiger partial charge in [-0.3, -0.25) is 9.59 Å². The Morgan fingerprint density at radius 1 is 1.19 bits per heavy atom. The van der Waals surface area contributed by atoms with Crippen LogP contribution >= 0.6 is 0 Å². The number of hydrogen-bond acceptors (Lipinski definition) is 3. The largest absolute Gasteiger partial charge is 0.462 e. The maximum Gasteiger partial charge on any atom is 0.306 e. The van der Waals surface area contributed by atoms with E-state index in [1.54, 1.807) is 25.2 Å². The summed E-state index contributed by atoms with van der Waals surface area (Å²) in [4.78, 5) is 25.3. The van der Waals surface area contributed by atoms with Crippen molar-refractivity contribution >= 4 is 17.4 Å². The Labute approximate surface area is 250 Å². The van der Waals surface area contributed by atoms with Crippen LogP contribution in [0.5, 0.6) is 0 Å². The number of halogens is 1. The molecular weight excluding hydrogens is 527 g/mol. The minimum Gasteiger partial charge on any atom is -0.462 e. The summed E-state index contributed by atoms with van der Waals surface area (Å²) in [7, 11) is 0. The van der Waals surface area contributed by atoms with Gasteiger partial charge in [0.05, 0.1) is 11.3 Å². The number of allylic oxidation sites excluding steroid dienone is 7. The summed E-state index contributed by atoms with van der Waals surface area (Å²) in [6.07, 6.45) is 8.62. The Kier molecular flexibility index (Phi) is 13.2. The fraction of sp³-hybridized carbons (Fsp3) is 0.333. The van der Waals surface area contributed by atoms with Gasteiger partial charge in [-0.25, -0.2) is 4.39 Å². The van der Waals surface area contributed by atoms with Gasteiger partial charge in [-0.05, 0) is 74.5 Å². The lowest BCUT2D eigenvalue weighted by Crippen LogP contribution is -2.26. The number of amides is 1. The highest BCUT2D eigenvalue weighted by atomic mass is 19.1. The quantitative estimate of drug-likeness (QED) is 0.216. The highest BCUT2D eigenvalue weighted by molar-refractivity contribution is 6.00. The number of rotatable bonds is 11. The maximum atomic E-state index is 13.6. The predicted octanol–water partition coefficient (Wildman–Crippen LogP) is 8.83. The van der Waals surface area contributed by atoms with E-state index in [-0.39, 0.29) is 23.9 Å². The summed E-state index contributed by atoms with van der Waals surface area (Å²) >= 11 is 0. The third kappa shape index (κ3) is 9.44. The molecule has 42 heavy (non-hydrogen) atoms. The molecule has 5 nitrogen and oxygen atoms in total. The second-order valence-electron chi connectivity index (χ2n) is 10.8. The van der Waals surface area contributed by atoms with Gasteiger partial charge in [0, 0.05) is 30.8 Å². The van der Waals surface area contributed by atoms with E-state index in [1.165, 1.54) is 11.6 Å². The third-order valence-corrected chi connectivity index (χ3v) is 7.05. The van der Waals surface area contributed by atoms with E-state index in [0.717, 1.165) is 29.8 Å². The van der Waals surface area contributed by atoms with Crippen molar-refractivity contribution < 1.29 is 18.7 Å². The molecule has 0 saturated carbocycles. The van der Waals surface area contributed by atoms with Crippen molar-refractivity contribution in [1.82, 2.24) is 9.88 Å². The van der Waals surface area contributed by atoms with E-state index in [4.69, 9.17) is 4.74 Å². The van der Waals surface area contributed by atoms with Crippen LogP contribution in [0.1, 0.15) is 85.2 Å². The minimum absolute atomic E-state index is 0.000831. The molecule has 1 amide bonds. The lowest BCUT2D eigenvalue weighted by molar-refractivity contribution is -0.154. The van der Waals surface area contributed by atoms with Gasteiger partial charge >= 0.3 is 5.97 Å². The number of esters is 1. The maximum absolute atomic E-state index is 13.6. The summed E-state index contributed by atoms with van der Waals surface area (Å²) in [6, 6.07) is 10.3. The molecule has 1 aromatic heterocycles. The van der Waals surface area contributed by atoms with Crippen LogP contribution in [0, 0.1) is 13.8 Å². The lowest BCUT2D eigenvalue weighted by Gasteiger charge is -2.24. The van der Waals surface area contributed by atoms with Gasteiger partial charge in [-0.2, -0.15) is 0 Å². The van der Waals surface area contributed by atoms with E-state index >= 15 is 0 Å². The number of carbonyl (C=O) groups is 2. The van der Waals surface area contributed by atoms with Crippen LogP contribution in [0.3, 0.4) is 0 Å². The number of aromatic nitrogens is 1. The predicted molar refractivity (Wildman–Crippen MR) is 172 cm³/mol. The van der Waals surface area contributed by atoms with Crippen LogP contribution in [-0.4, -0.2) is 22.5 Å². The first kappa shape index (κ1) is 34.0. The second-order valence-corrected chi connectivity index (χ2v) is 10.8. The SMILES string of the molecule is C=C/C=C(\C=C)NC(=O)c1c(C)c(C(=C)/C(C)=C\C(=C)F)n(CCC2CCCC(=O)O2)c1C(C)C.Cc1ccccc1. The van der Waals surface area contributed by atoms with Crippen molar-refractivity contribution in [3.8, 4) is 0 Å². The van der Waals surface area contributed by atoms with Crippen molar-refractivity contribution in [2.75, 3.05) is 0 Å². The number of nitrogens with zero attached hydrogens (tertiary/aromatic N) is 1. The summed E-state index contributed by atoms with van der Waals surface area (Å²) < 4.78 is 21.2. The monoisotopic (exact) mass is 572 g/mol. The zero-order valence-corrected chi connectivity index (χ0v) is 25.8. The van der Waals surface area contributed by atoms with Crippen molar-refractivity contribution in [3.63, 3.8) is 0 Å². The number of cyclic esters (lactones) is 1. The average Bonchev–Trinajstić information content (AvgIpc) is 3.23. The Bertz CT molecular complexity index is 1380. The Hall–Kier alpha value is -4.19. The van der Waals surface area contributed by atoms with Crippen LogP contribution in [0.15, 0.2) is 98.0 Å². The topological polar surface area (TPSA) is 60.3 Å². The zero-order chi connectivity index (χ0) is 31.4. The highest BCUT2D eigenvalue weighted by Crippen LogP contribution is 2.36. The van der Waals surface area contributed by atoms with Gasteiger partial charge in [-0.1, -0.05) is 82.1 Å². The number of ether oxygens (including phenoxy) is 1. The van der Waals surface area contributed by atoms with Crippen molar-refractivity contribution in [1.29, 1.82) is 0 Å². The standard InChI is InChI=1S/C29H37FN2O3.C7H8/c1-9-12-23(10-2)31-29(34)26-22(8)28(21(7)19(5)17-20(6)30)32(27(26)18(3)4)16-15-24-13-11-14-25(33)35-24;1-7-5-3-2-4-6-7/h9-10,12,17-18,24H,1-2,6-7,11,13-16H2,3-5,8H3,(H,31,34);2-6H,1H3/b19-17-,23-12+;. The van der Waals surface area contributed by atoms with Crippen LogP contribution in [0.2, 0.25) is 0 Å². The molecule has 1 fully saturated rings. The molecule has 6 heteroatoms. The van der Waals surface area contributed by atoms with Crippen molar-refractivity contribution in [2.24, 2.45) is 0 Å². The van der Waals surface area contributed by atoms with E-state index in [2.05, 4.69) is 55.3 Å². The van der Waals surface area contributed by atoms with E-state index in [0.29, 0.717) is 41.8 Å². The van der Waals surface area contributed by atoms with Gasteiger partial charge in [-0.15, -0.1) is 0 Å². The molecule has 0 bridgehead atoms. The van der Waals surface area contributed by atoms with Gasteiger partial charge in [0.2, 0.25) is 0 Å². The smallest absolute Gasteiger partial charge is 0.306 e. The van der Waals surface area contributed by atoms with E-state index in [1.807, 2.05) is 39.0 Å². The van der Waals surface area contributed by atoms with Gasteiger partial charge in [0.15, 0.2) is 0 Å². The molecule has 3 rings (SSSR count). The number of nitrogens with one attached hydrogen (secondary N) is 1. The Morgan fingerprint density at radius 2 is 1.86 bits per heavy atom. The normalized spacial score (nSPS) is 15.3. The molecule has 1 unspecified atom stereocenters.